The Morgan fingerprint density at radius 3 is 2.52 bits per heavy atom. The molecule has 1 N–H and O–H groups in total. The van der Waals surface area contributed by atoms with Gasteiger partial charge in [-0.05, 0) is 31.2 Å². The minimum Gasteiger partial charge on any atom is -0.320 e. The second-order valence-corrected chi connectivity index (χ2v) is 7.50. The maximum atomic E-state index is 13.1. The minimum atomic E-state index is -0.218. The summed E-state index contributed by atoms with van der Waals surface area (Å²) < 4.78 is 3.57. The molecule has 5 rings (SSSR count). The van der Waals surface area contributed by atoms with E-state index in [0.717, 1.165) is 28.2 Å². The van der Waals surface area contributed by atoms with Crippen molar-refractivity contribution < 1.29 is 4.79 Å². The van der Waals surface area contributed by atoms with Crippen LogP contribution in [0.3, 0.4) is 0 Å². The predicted octanol–water partition coefficient (Wildman–Crippen LogP) is 4.96. The molecule has 5 aromatic rings. The molecule has 0 aliphatic heterocycles. The third-order valence-electron chi connectivity index (χ3n) is 5.27. The van der Waals surface area contributed by atoms with Gasteiger partial charge in [-0.25, -0.2) is 4.98 Å². The third kappa shape index (κ3) is 3.59. The molecular weight excluding hydrogens is 386 g/mol. The Hall–Kier alpha value is -4.19. The van der Waals surface area contributed by atoms with Crippen LogP contribution in [0.1, 0.15) is 16.1 Å². The molecule has 6 nitrogen and oxygen atoms in total. The van der Waals surface area contributed by atoms with E-state index in [1.165, 1.54) is 5.56 Å². The molecule has 31 heavy (non-hydrogen) atoms. The lowest BCUT2D eigenvalue weighted by Gasteiger charge is -2.09. The molecule has 3 aromatic heterocycles. The van der Waals surface area contributed by atoms with E-state index in [-0.39, 0.29) is 5.91 Å². The van der Waals surface area contributed by atoms with Crippen LogP contribution in [0.25, 0.3) is 28.2 Å². The number of nitrogens with zero attached hydrogens (tertiary/aromatic N) is 4. The number of nitrogens with one attached hydrogen (secondary N) is 1. The second-order valence-electron chi connectivity index (χ2n) is 7.50. The number of rotatable bonds is 4. The lowest BCUT2D eigenvalue weighted by atomic mass is 10.1. The standard InChI is InChI=1S/C25H21N5O/c1-17-10-12-18(13-11-17)21-15-23(29(2)28-21)25(31)27-20-8-4-3-7-19(20)22-16-30-14-6-5-9-24(30)26-22/h3-16H,1-2H3,(H,27,31). The number of imidazole rings is 1. The van der Waals surface area contributed by atoms with Crippen LogP contribution in [0, 0.1) is 6.92 Å². The summed E-state index contributed by atoms with van der Waals surface area (Å²) >= 11 is 0. The van der Waals surface area contributed by atoms with Crippen molar-refractivity contribution in [1.82, 2.24) is 19.2 Å². The summed E-state index contributed by atoms with van der Waals surface area (Å²) in [6.07, 6.45) is 3.91. The first kappa shape index (κ1) is 18.8. The number of anilines is 1. The van der Waals surface area contributed by atoms with Crippen molar-refractivity contribution in [3.05, 3.63) is 96.4 Å². The van der Waals surface area contributed by atoms with Crippen molar-refractivity contribution in [3.63, 3.8) is 0 Å². The van der Waals surface area contributed by atoms with Crippen LogP contribution in [0.5, 0.6) is 0 Å². The van der Waals surface area contributed by atoms with Crippen LogP contribution in [-0.4, -0.2) is 25.1 Å². The Bertz CT molecular complexity index is 1360. The molecule has 6 heteroatoms. The van der Waals surface area contributed by atoms with E-state index in [2.05, 4.69) is 15.4 Å². The largest absolute Gasteiger partial charge is 0.320 e. The zero-order chi connectivity index (χ0) is 21.4. The number of pyridine rings is 1. The van der Waals surface area contributed by atoms with Crippen molar-refractivity contribution in [3.8, 4) is 22.5 Å². The molecule has 152 valence electrons. The van der Waals surface area contributed by atoms with Crippen molar-refractivity contribution in [2.24, 2.45) is 7.05 Å². The predicted molar refractivity (Wildman–Crippen MR) is 122 cm³/mol. The fourth-order valence-electron chi connectivity index (χ4n) is 3.61. The number of aromatic nitrogens is 4. The summed E-state index contributed by atoms with van der Waals surface area (Å²) in [7, 11) is 1.78. The molecule has 0 spiro atoms. The van der Waals surface area contributed by atoms with E-state index in [4.69, 9.17) is 0 Å². The topological polar surface area (TPSA) is 64.2 Å². The molecule has 2 aromatic carbocycles. The second kappa shape index (κ2) is 7.57. The highest BCUT2D eigenvalue weighted by molar-refractivity contribution is 6.05. The summed E-state index contributed by atoms with van der Waals surface area (Å²) in [4.78, 5) is 17.8. The molecule has 0 aliphatic rings. The molecule has 0 radical (unpaired) electrons. The van der Waals surface area contributed by atoms with Crippen LogP contribution in [0.4, 0.5) is 5.69 Å². The van der Waals surface area contributed by atoms with Crippen molar-refractivity contribution >= 4 is 17.2 Å². The van der Waals surface area contributed by atoms with Crippen LogP contribution >= 0.6 is 0 Å². The van der Waals surface area contributed by atoms with Gasteiger partial charge in [-0.15, -0.1) is 0 Å². The Labute approximate surface area is 179 Å². The molecule has 0 bridgehead atoms. The maximum Gasteiger partial charge on any atom is 0.273 e. The molecule has 0 saturated heterocycles. The molecule has 0 fully saturated rings. The van der Waals surface area contributed by atoms with E-state index in [1.807, 2.05) is 96.5 Å². The van der Waals surface area contributed by atoms with Crippen LogP contribution in [0.2, 0.25) is 0 Å². The third-order valence-corrected chi connectivity index (χ3v) is 5.27. The first-order chi connectivity index (χ1) is 15.1. The summed E-state index contributed by atoms with van der Waals surface area (Å²) in [6, 6.07) is 23.5. The van der Waals surface area contributed by atoms with Gasteiger partial charge in [0.05, 0.1) is 17.1 Å². The Kier molecular flexibility index (Phi) is 4.59. The average Bonchev–Trinajstić information content (AvgIpc) is 3.38. The van der Waals surface area contributed by atoms with Gasteiger partial charge in [-0.1, -0.05) is 54.1 Å². The number of benzene rings is 2. The normalized spacial score (nSPS) is 11.0. The van der Waals surface area contributed by atoms with Crippen molar-refractivity contribution in [2.45, 2.75) is 6.92 Å². The zero-order valence-electron chi connectivity index (χ0n) is 17.3. The van der Waals surface area contributed by atoms with Crippen molar-refractivity contribution in [2.75, 3.05) is 5.32 Å². The van der Waals surface area contributed by atoms with Gasteiger partial charge in [0.25, 0.3) is 5.91 Å². The quantitative estimate of drug-likeness (QED) is 0.458. The molecular formula is C25H21N5O. The molecule has 0 atom stereocenters. The maximum absolute atomic E-state index is 13.1. The van der Waals surface area contributed by atoms with Gasteiger partial charge in [-0.2, -0.15) is 5.10 Å². The Balaban J connectivity index is 1.46. The zero-order valence-corrected chi connectivity index (χ0v) is 17.3. The average molecular weight is 407 g/mol. The van der Waals surface area contributed by atoms with Crippen LogP contribution in [-0.2, 0) is 7.05 Å². The summed E-state index contributed by atoms with van der Waals surface area (Å²) in [5, 5.41) is 7.56. The monoisotopic (exact) mass is 407 g/mol. The summed E-state index contributed by atoms with van der Waals surface area (Å²) in [6.45, 7) is 2.04. The Morgan fingerprint density at radius 1 is 0.935 bits per heavy atom. The molecule has 3 heterocycles. The number of hydrogen-bond acceptors (Lipinski definition) is 3. The summed E-state index contributed by atoms with van der Waals surface area (Å²) in [5.41, 5.74) is 6.63. The van der Waals surface area contributed by atoms with Gasteiger partial charge in [0.1, 0.15) is 11.3 Å². The minimum absolute atomic E-state index is 0.218. The van der Waals surface area contributed by atoms with Gasteiger partial charge in [0.2, 0.25) is 0 Å². The number of aryl methyl sites for hydroxylation is 2. The molecule has 0 saturated carbocycles. The van der Waals surface area contributed by atoms with Crippen LogP contribution in [0.15, 0.2) is 85.2 Å². The number of hydrogen-bond donors (Lipinski definition) is 1. The van der Waals surface area contributed by atoms with Crippen LogP contribution < -0.4 is 5.32 Å². The SMILES string of the molecule is Cc1ccc(-c2cc(C(=O)Nc3ccccc3-c3cn4ccccc4n3)n(C)n2)cc1. The van der Waals surface area contributed by atoms with E-state index in [0.29, 0.717) is 11.4 Å². The van der Waals surface area contributed by atoms with Gasteiger partial charge in [-0.3, -0.25) is 9.48 Å². The lowest BCUT2D eigenvalue weighted by Crippen LogP contribution is -2.16. The molecule has 0 aliphatic carbocycles. The highest BCUT2D eigenvalue weighted by Crippen LogP contribution is 2.28. The van der Waals surface area contributed by atoms with Gasteiger partial charge >= 0.3 is 0 Å². The highest BCUT2D eigenvalue weighted by atomic mass is 16.2. The van der Waals surface area contributed by atoms with E-state index < -0.39 is 0 Å². The smallest absolute Gasteiger partial charge is 0.273 e. The van der Waals surface area contributed by atoms with Crippen molar-refractivity contribution in [1.29, 1.82) is 0 Å². The lowest BCUT2D eigenvalue weighted by molar-refractivity contribution is 0.101. The summed E-state index contributed by atoms with van der Waals surface area (Å²) in [5.74, 6) is -0.218. The fraction of sp³-hybridized carbons (Fsp3) is 0.0800. The van der Waals surface area contributed by atoms with E-state index in [9.17, 15) is 4.79 Å². The number of amides is 1. The number of carbonyl (C=O) groups excluding carboxylic acids is 1. The van der Waals surface area contributed by atoms with Gasteiger partial charge in [0.15, 0.2) is 0 Å². The number of para-hydroxylation sites is 1. The fourth-order valence-corrected chi connectivity index (χ4v) is 3.61. The van der Waals surface area contributed by atoms with E-state index in [1.54, 1.807) is 11.7 Å². The first-order valence-corrected chi connectivity index (χ1v) is 10.0. The Morgan fingerprint density at radius 2 is 1.71 bits per heavy atom. The van der Waals surface area contributed by atoms with Gasteiger partial charge < -0.3 is 9.72 Å². The first-order valence-electron chi connectivity index (χ1n) is 10.0. The van der Waals surface area contributed by atoms with E-state index >= 15 is 0 Å². The number of carbonyl (C=O) groups is 1. The number of fused-ring (bicyclic) bond motifs is 1. The van der Waals surface area contributed by atoms with Gasteiger partial charge in [0, 0.05) is 30.6 Å². The molecule has 1 amide bonds. The molecule has 0 unspecified atom stereocenters. The highest BCUT2D eigenvalue weighted by Gasteiger charge is 2.17.